The highest BCUT2D eigenvalue weighted by atomic mass is 32.2. The van der Waals surface area contributed by atoms with E-state index in [2.05, 4.69) is 9.62 Å². The Hall–Kier alpha value is -3.19. The number of anilines is 1. The zero-order valence-corrected chi connectivity index (χ0v) is 26.5. The summed E-state index contributed by atoms with van der Waals surface area (Å²) in [7, 11) is -1.61. The fraction of sp³-hybridized carbons (Fsp3) is 0.548. The summed E-state index contributed by atoms with van der Waals surface area (Å²) in [6.45, 7) is 7.42. The number of sulfonamides is 1. The van der Waals surface area contributed by atoms with Gasteiger partial charge in [-0.1, -0.05) is 19.1 Å². The molecule has 4 atom stereocenters. The number of ether oxygens (including phenoxy) is 2. The number of nitrogens with one attached hydrogen (secondary N) is 1. The lowest BCUT2D eigenvalue weighted by molar-refractivity contribution is -0.0177. The molecule has 3 rings (SSSR count). The molecule has 0 unspecified atom stereocenters. The van der Waals surface area contributed by atoms with Gasteiger partial charge in [0.15, 0.2) is 0 Å². The van der Waals surface area contributed by atoms with E-state index in [1.165, 1.54) is 6.07 Å². The second-order valence-corrected chi connectivity index (χ2v) is 13.3. The predicted molar refractivity (Wildman–Crippen MR) is 165 cm³/mol. The molecule has 0 aliphatic carbocycles. The summed E-state index contributed by atoms with van der Waals surface area (Å²) in [5.41, 5.74) is 1.66. The van der Waals surface area contributed by atoms with E-state index in [1.807, 2.05) is 20.9 Å². The SMILES string of the molecule is C[C@@H]1CCCCO[C@@H](CN(C)Cc2ccc(C(=O)O)cc2)[C@H](C)CN([C@@H](C)CO)C(=O)c2cc(NS(C)(=O)=O)ccc2O1. The van der Waals surface area contributed by atoms with Crippen molar-refractivity contribution in [2.75, 3.05) is 44.3 Å². The highest BCUT2D eigenvalue weighted by Gasteiger charge is 2.30. The summed E-state index contributed by atoms with van der Waals surface area (Å²) in [4.78, 5) is 29.0. The van der Waals surface area contributed by atoms with E-state index in [-0.39, 0.29) is 54.0 Å². The average molecular weight is 620 g/mol. The predicted octanol–water partition coefficient (Wildman–Crippen LogP) is 3.68. The van der Waals surface area contributed by atoms with Crippen LogP contribution in [-0.4, -0.2) is 98.2 Å². The van der Waals surface area contributed by atoms with Gasteiger partial charge in [-0.3, -0.25) is 14.4 Å². The first-order valence-electron chi connectivity index (χ1n) is 14.6. The van der Waals surface area contributed by atoms with Gasteiger partial charge < -0.3 is 24.6 Å². The Morgan fingerprint density at radius 3 is 2.49 bits per heavy atom. The largest absolute Gasteiger partial charge is 0.490 e. The van der Waals surface area contributed by atoms with Gasteiger partial charge in [0.1, 0.15) is 5.75 Å². The Balaban J connectivity index is 1.89. The Labute approximate surface area is 254 Å². The fourth-order valence-electron chi connectivity index (χ4n) is 5.10. The van der Waals surface area contributed by atoms with Crippen LogP contribution in [0.1, 0.15) is 66.3 Å². The number of likely N-dealkylation sites (N-methyl/N-ethyl adjacent to an activating group) is 1. The van der Waals surface area contributed by atoms with Crippen LogP contribution in [0.15, 0.2) is 42.5 Å². The Morgan fingerprint density at radius 2 is 1.86 bits per heavy atom. The standard InChI is InChI=1S/C31H45N3O8S/c1-21-17-34(22(2)20-35)30(36)27-16-26(32-43(5,39)40)13-14-28(27)42-23(3)8-6-7-15-41-29(21)19-33(4)18-24-9-11-25(12-10-24)31(37)38/h9-14,16,21-23,29,32,35H,6-8,15,17-20H2,1-5H3,(H,37,38)/t21-,22+,23-,29+/m1/s1. The molecule has 0 aromatic heterocycles. The van der Waals surface area contributed by atoms with Gasteiger partial charge in [-0.15, -0.1) is 0 Å². The maximum absolute atomic E-state index is 14.1. The van der Waals surface area contributed by atoms with Gasteiger partial charge in [-0.2, -0.15) is 0 Å². The van der Waals surface area contributed by atoms with Crippen LogP contribution in [0, 0.1) is 5.92 Å². The van der Waals surface area contributed by atoms with Crippen LogP contribution in [-0.2, 0) is 21.3 Å². The normalized spacial score (nSPS) is 21.4. The Kier molecular flexibility index (Phi) is 12.4. The number of aromatic carboxylic acids is 1. The van der Waals surface area contributed by atoms with Crippen molar-refractivity contribution in [3.8, 4) is 5.75 Å². The molecule has 0 spiro atoms. The van der Waals surface area contributed by atoms with E-state index < -0.39 is 22.0 Å². The molecule has 0 bridgehead atoms. The number of hydrogen-bond acceptors (Lipinski definition) is 8. The van der Waals surface area contributed by atoms with Gasteiger partial charge in [0, 0.05) is 37.8 Å². The number of carboxylic acids is 1. The minimum Gasteiger partial charge on any atom is -0.490 e. The molecule has 43 heavy (non-hydrogen) atoms. The van der Waals surface area contributed by atoms with Crippen LogP contribution in [0.5, 0.6) is 5.75 Å². The van der Waals surface area contributed by atoms with E-state index >= 15 is 0 Å². The molecule has 3 N–H and O–H groups in total. The number of carboxylic acid groups (broad SMARTS) is 1. The monoisotopic (exact) mass is 619 g/mol. The molecule has 1 aliphatic heterocycles. The van der Waals surface area contributed by atoms with Crippen LogP contribution in [0.2, 0.25) is 0 Å². The molecule has 1 aliphatic rings. The van der Waals surface area contributed by atoms with Crippen molar-refractivity contribution in [1.82, 2.24) is 9.80 Å². The van der Waals surface area contributed by atoms with Crippen molar-refractivity contribution in [3.05, 3.63) is 59.2 Å². The molecule has 12 heteroatoms. The van der Waals surface area contributed by atoms with E-state index in [0.717, 1.165) is 31.1 Å². The van der Waals surface area contributed by atoms with Gasteiger partial charge in [0.25, 0.3) is 5.91 Å². The van der Waals surface area contributed by atoms with Gasteiger partial charge in [0.05, 0.1) is 42.2 Å². The van der Waals surface area contributed by atoms with Crippen LogP contribution in [0.4, 0.5) is 5.69 Å². The van der Waals surface area contributed by atoms with E-state index in [9.17, 15) is 28.2 Å². The van der Waals surface area contributed by atoms with Crippen LogP contribution in [0.3, 0.4) is 0 Å². The van der Waals surface area contributed by atoms with Gasteiger partial charge in [-0.05, 0) is 76.1 Å². The van der Waals surface area contributed by atoms with Crippen molar-refractivity contribution in [1.29, 1.82) is 0 Å². The third kappa shape index (κ3) is 10.5. The molecule has 11 nitrogen and oxygen atoms in total. The van der Waals surface area contributed by atoms with Crippen molar-refractivity contribution in [2.45, 2.75) is 64.8 Å². The minimum absolute atomic E-state index is 0.127. The third-order valence-corrected chi connectivity index (χ3v) is 8.11. The van der Waals surface area contributed by atoms with Crippen molar-refractivity contribution in [2.24, 2.45) is 5.92 Å². The first-order chi connectivity index (χ1) is 20.3. The number of rotatable bonds is 9. The fourth-order valence-corrected chi connectivity index (χ4v) is 5.65. The summed E-state index contributed by atoms with van der Waals surface area (Å²) in [6, 6.07) is 10.9. The molecule has 0 saturated heterocycles. The molecular weight excluding hydrogens is 574 g/mol. The number of hydrogen-bond donors (Lipinski definition) is 3. The maximum Gasteiger partial charge on any atom is 0.335 e. The summed E-state index contributed by atoms with van der Waals surface area (Å²) < 4.78 is 38.8. The van der Waals surface area contributed by atoms with Crippen LogP contribution in [0.25, 0.3) is 0 Å². The number of carbonyl (C=O) groups is 2. The Bertz CT molecular complexity index is 1340. The van der Waals surface area contributed by atoms with Crippen molar-refractivity contribution >= 4 is 27.6 Å². The molecule has 1 heterocycles. The van der Waals surface area contributed by atoms with Crippen LogP contribution < -0.4 is 9.46 Å². The van der Waals surface area contributed by atoms with Gasteiger partial charge in [0.2, 0.25) is 10.0 Å². The van der Waals surface area contributed by atoms with E-state index in [4.69, 9.17) is 9.47 Å². The van der Waals surface area contributed by atoms with E-state index in [1.54, 1.807) is 48.2 Å². The summed E-state index contributed by atoms with van der Waals surface area (Å²) in [5.74, 6) is -1.11. The number of nitrogens with zero attached hydrogens (tertiary/aromatic N) is 2. The molecule has 1 amide bonds. The third-order valence-electron chi connectivity index (χ3n) is 7.50. The Morgan fingerprint density at radius 1 is 1.16 bits per heavy atom. The quantitative estimate of drug-likeness (QED) is 0.383. The number of amides is 1. The zero-order chi connectivity index (χ0) is 31.7. The maximum atomic E-state index is 14.1. The average Bonchev–Trinajstić information content (AvgIpc) is 2.94. The molecule has 0 radical (unpaired) electrons. The van der Waals surface area contributed by atoms with Crippen LogP contribution >= 0.6 is 0 Å². The number of carbonyl (C=O) groups excluding carboxylic acids is 1. The zero-order valence-electron chi connectivity index (χ0n) is 25.7. The number of fused-ring (bicyclic) bond motifs is 1. The number of benzene rings is 2. The first kappa shape index (κ1) is 34.3. The highest BCUT2D eigenvalue weighted by Crippen LogP contribution is 2.29. The molecule has 2 aromatic carbocycles. The second-order valence-electron chi connectivity index (χ2n) is 11.6. The summed E-state index contributed by atoms with van der Waals surface area (Å²) in [5, 5.41) is 19.3. The molecule has 2 aromatic rings. The molecule has 238 valence electrons. The summed E-state index contributed by atoms with van der Waals surface area (Å²) >= 11 is 0. The number of aliphatic hydroxyl groups excluding tert-OH is 1. The molecular formula is C31H45N3O8S. The van der Waals surface area contributed by atoms with E-state index in [0.29, 0.717) is 25.4 Å². The lowest BCUT2D eigenvalue weighted by atomic mass is 10.0. The smallest absolute Gasteiger partial charge is 0.335 e. The lowest BCUT2D eigenvalue weighted by Crippen LogP contribution is -2.47. The second kappa shape index (κ2) is 15.5. The highest BCUT2D eigenvalue weighted by molar-refractivity contribution is 7.92. The topological polar surface area (TPSA) is 146 Å². The molecule has 0 saturated carbocycles. The van der Waals surface area contributed by atoms with Gasteiger partial charge in [-0.25, -0.2) is 13.2 Å². The molecule has 0 fully saturated rings. The van der Waals surface area contributed by atoms with Gasteiger partial charge >= 0.3 is 5.97 Å². The lowest BCUT2D eigenvalue weighted by Gasteiger charge is -2.36. The first-order valence-corrected chi connectivity index (χ1v) is 16.5. The summed E-state index contributed by atoms with van der Waals surface area (Å²) in [6.07, 6.45) is 3.04. The van der Waals surface area contributed by atoms with Crippen molar-refractivity contribution < 1.29 is 37.7 Å². The minimum atomic E-state index is -3.57. The van der Waals surface area contributed by atoms with Crippen molar-refractivity contribution in [3.63, 3.8) is 0 Å². The number of aliphatic hydroxyl groups is 1.